The van der Waals surface area contributed by atoms with Crippen LogP contribution in [0.4, 0.5) is 0 Å². The highest BCUT2D eigenvalue weighted by Gasteiger charge is 2.47. The Morgan fingerprint density at radius 1 is 1.16 bits per heavy atom. The first kappa shape index (κ1) is 14.3. The molecule has 1 aliphatic rings. The third-order valence-electron chi connectivity index (χ3n) is 3.32. The molecule has 1 saturated heterocycles. The Hall–Kier alpha value is -1.10. The topological polar surface area (TPSA) is 21.7 Å². The molecule has 4 heteroatoms. The van der Waals surface area contributed by atoms with E-state index in [2.05, 4.69) is 41.1 Å². The summed E-state index contributed by atoms with van der Waals surface area (Å²) in [7, 11) is -2.17. The number of nitrogens with zero attached hydrogens (tertiary/aromatic N) is 1. The summed E-state index contributed by atoms with van der Waals surface area (Å²) >= 11 is 0. The zero-order valence-electron chi connectivity index (χ0n) is 11.8. The lowest BCUT2D eigenvalue weighted by molar-refractivity contribution is 0.151. The van der Waals surface area contributed by atoms with Crippen molar-refractivity contribution in [3.8, 4) is 0 Å². The molecule has 0 aliphatic carbocycles. The Labute approximate surface area is 117 Å². The van der Waals surface area contributed by atoms with Gasteiger partial charge in [0.05, 0.1) is 0 Å². The van der Waals surface area contributed by atoms with Crippen molar-refractivity contribution in [3.05, 3.63) is 42.1 Å². The third kappa shape index (κ3) is 3.46. The van der Waals surface area contributed by atoms with Gasteiger partial charge < -0.3 is 13.4 Å². The summed E-state index contributed by atoms with van der Waals surface area (Å²) in [5.74, 6) is 0. The molecular formula is C15H23NO2Si. The largest absolute Gasteiger partial charge is 0.459 e. The van der Waals surface area contributed by atoms with Crippen LogP contribution >= 0.6 is 0 Å². The predicted molar refractivity (Wildman–Crippen MR) is 80.6 cm³/mol. The van der Waals surface area contributed by atoms with Gasteiger partial charge in [-0.15, -0.1) is 0 Å². The van der Waals surface area contributed by atoms with Crippen molar-refractivity contribution < 1.29 is 8.85 Å². The van der Waals surface area contributed by atoms with Crippen LogP contribution in [-0.2, 0) is 8.85 Å². The van der Waals surface area contributed by atoms with Crippen molar-refractivity contribution >= 4 is 14.8 Å². The normalized spacial score (nSPS) is 18.3. The van der Waals surface area contributed by atoms with Crippen molar-refractivity contribution in [1.82, 2.24) is 4.57 Å². The molecule has 0 unspecified atom stereocenters. The summed E-state index contributed by atoms with van der Waals surface area (Å²) < 4.78 is 14.4. The van der Waals surface area contributed by atoms with Gasteiger partial charge in [0.15, 0.2) is 0 Å². The average molecular weight is 277 g/mol. The highest BCUT2D eigenvalue weighted by molar-refractivity contribution is 6.65. The van der Waals surface area contributed by atoms with Gasteiger partial charge in [0.2, 0.25) is 0 Å². The van der Waals surface area contributed by atoms with Crippen LogP contribution in [0.5, 0.6) is 0 Å². The van der Waals surface area contributed by atoms with Crippen molar-refractivity contribution in [2.24, 2.45) is 0 Å². The molecule has 1 aromatic rings. The van der Waals surface area contributed by atoms with E-state index in [0.717, 1.165) is 32.2 Å². The third-order valence-corrected chi connectivity index (χ3v) is 7.03. The standard InChI is InChI=1S/C15H23NO2Si/c1-3-17-19(18-4-2)14-8-12-16(19)13-11-15-9-6-5-7-10-15/h5-7,9-11,13H,3-4,8,12,14H2,1-2H3. The van der Waals surface area contributed by atoms with E-state index in [0.29, 0.717) is 0 Å². The summed E-state index contributed by atoms with van der Waals surface area (Å²) in [6, 6.07) is 11.4. The molecule has 1 heterocycles. The first-order chi connectivity index (χ1) is 9.30. The average Bonchev–Trinajstić information content (AvgIpc) is 2.81. The fourth-order valence-electron chi connectivity index (χ4n) is 2.52. The van der Waals surface area contributed by atoms with E-state index >= 15 is 0 Å². The second kappa shape index (κ2) is 6.89. The highest BCUT2D eigenvalue weighted by Crippen LogP contribution is 2.29. The van der Waals surface area contributed by atoms with Crippen molar-refractivity contribution in [3.63, 3.8) is 0 Å². The minimum Gasteiger partial charge on any atom is -0.379 e. The molecule has 0 radical (unpaired) electrons. The molecule has 0 bridgehead atoms. The number of benzene rings is 1. The van der Waals surface area contributed by atoms with Crippen molar-refractivity contribution in [2.45, 2.75) is 26.3 Å². The molecule has 3 nitrogen and oxygen atoms in total. The van der Waals surface area contributed by atoms with Gasteiger partial charge in [-0.3, -0.25) is 0 Å². The summed E-state index contributed by atoms with van der Waals surface area (Å²) in [4.78, 5) is 0. The Morgan fingerprint density at radius 3 is 2.47 bits per heavy atom. The van der Waals surface area contributed by atoms with E-state index < -0.39 is 8.72 Å². The van der Waals surface area contributed by atoms with Crippen LogP contribution in [0.3, 0.4) is 0 Å². The number of hydrogen-bond acceptors (Lipinski definition) is 3. The van der Waals surface area contributed by atoms with Gasteiger partial charge in [-0.05, 0) is 38.1 Å². The molecule has 0 N–H and O–H groups in total. The molecule has 0 amide bonds. The maximum Gasteiger partial charge on any atom is 0.459 e. The molecule has 0 aromatic heterocycles. The van der Waals surface area contributed by atoms with Gasteiger partial charge in [0.25, 0.3) is 0 Å². The fraction of sp³-hybridized carbons (Fsp3) is 0.467. The predicted octanol–water partition coefficient (Wildman–Crippen LogP) is 3.37. The zero-order valence-corrected chi connectivity index (χ0v) is 12.8. The van der Waals surface area contributed by atoms with E-state index in [1.807, 2.05) is 19.9 Å². The van der Waals surface area contributed by atoms with Crippen LogP contribution in [0.25, 0.3) is 6.08 Å². The first-order valence-electron chi connectivity index (χ1n) is 7.08. The van der Waals surface area contributed by atoms with Gasteiger partial charge in [-0.2, -0.15) is 0 Å². The quantitative estimate of drug-likeness (QED) is 0.744. The molecule has 2 rings (SSSR count). The van der Waals surface area contributed by atoms with Crippen LogP contribution in [-0.4, -0.2) is 33.0 Å². The molecule has 104 valence electrons. The van der Waals surface area contributed by atoms with Gasteiger partial charge in [0.1, 0.15) is 0 Å². The van der Waals surface area contributed by atoms with Gasteiger partial charge in [0, 0.05) is 25.8 Å². The zero-order chi connectivity index (χ0) is 13.6. The minimum atomic E-state index is -2.17. The lowest BCUT2D eigenvalue weighted by atomic mass is 10.2. The van der Waals surface area contributed by atoms with Crippen molar-refractivity contribution in [2.75, 3.05) is 19.8 Å². The van der Waals surface area contributed by atoms with E-state index in [9.17, 15) is 0 Å². The Kier molecular flexibility index (Phi) is 5.19. The Balaban J connectivity index is 2.11. The second-order valence-electron chi connectivity index (χ2n) is 4.60. The van der Waals surface area contributed by atoms with Crippen LogP contribution in [0.15, 0.2) is 36.5 Å². The lowest BCUT2D eigenvalue weighted by Crippen LogP contribution is -2.52. The van der Waals surface area contributed by atoms with E-state index in [4.69, 9.17) is 8.85 Å². The number of rotatable bonds is 6. The van der Waals surface area contributed by atoms with E-state index in [1.165, 1.54) is 5.56 Å². The second-order valence-corrected chi connectivity index (χ2v) is 7.68. The SMILES string of the molecule is CCO[Si]1(OCC)CCCN1C=Cc1ccccc1. The molecular weight excluding hydrogens is 254 g/mol. The molecule has 19 heavy (non-hydrogen) atoms. The fourth-order valence-corrected chi connectivity index (χ4v) is 5.82. The highest BCUT2D eigenvalue weighted by atomic mass is 28.4. The smallest absolute Gasteiger partial charge is 0.379 e. The monoisotopic (exact) mass is 277 g/mol. The Morgan fingerprint density at radius 2 is 1.84 bits per heavy atom. The first-order valence-corrected chi connectivity index (χ1v) is 9.05. The van der Waals surface area contributed by atoms with Crippen LogP contribution in [0.2, 0.25) is 6.04 Å². The van der Waals surface area contributed by atoms with Crippen LogP contribution < -0.4 is 0 Å². The lowest BCUT2D eigenvalue weighted by Gasteiger charge is -2.33. The molecule has 1 aliphatic heterocycles. The maximum absolute atomic E-state index is 6.02. The minimum absolute atomic E-state index is 0.724. The number of hydrogen-bond donors (Lipinski definition) is 0. The molecule has 0 spiro atoms. The van der Waals surface area contributed by atoms with E-state index in [1.54, 1.807) is 0 Å². The summed E-state index contributed by atoms with van der Waals surface area (Å²) in [5.41, 5.74) is 1.21. The summed E-state index contributed by atoms with van der Waals surface area (Å²) in [6.07, 6.45) is 5.45. The van der Waals surface area contributed by atoms with Crippen LogP contribution in [0, 0.1) is 0 Å². The van der Waals surface area contributed by atoms with Gasteiger partial charge in [-0.1, -0.05) is 30.3 Å². The summed E-state index contributed by atoms with van der Waals surface area (Å²) in [6.45, 7) is 6.58. The van der Waals surface area contributed by atoms with Gasteiger partial charge in [-0.25, -0.2) is 0 Å². The molecule has 0 atom stereocenters. The van der Waals surface area contributed by atoms with Crippen LogP contribution in [0.1, 0.15) is 25.8 Å². The maximum atomic E-state index is 6.02. The Bertz CT molecular complexity index is 402. The molecule has 1 aromatic carbocycles. The van der Waals surface area contributed by atoms with Gasteiger partial charge >= 0.3 is 8.72 Å². The summed E-state index contributed by atoms with van der Waals surface area (Å²) in [5, 5.41) is 0. The van der Waals surface area contributed by atoms with Crippen molar-refractivity contribution in [1.29, 1.82) is 0 Å². The van der Waals surface area contributed by atoms with E-state index in [-0.39, 0.29) is 0 Å². The molecule has 0 saturated carbocycles. The molecule has 1 fully saturated rings.